The molecule has 1 aliphatic rings. The van der Waals surface area contributed by atoms with Crippen molar-refractivity contribution in [3.05, 3.63) is 24.3 Å². The van der Waals surface area contributed by atoms with E-state index in [1.54, 1.807) is 7.11 Å². The number of anilines is 1. The van der Waals surface area contributed by atoms with E-state index >= 15 is 0 Å². The van der Waals surface area contributed by atoms with Gasteiger partial charge in [0.15, 0.2) is 0 Å². The Bertz CT molecular complexity index is 372. The summed E-state index contributed by atoms with van der Waals surface area (Å²) in [6.07, 6.45) is 0. The molecular weight excluding hydrogens is 216 g/mol. The van der Waals surface area contributed by atoms with Crippen LogP contribution in [0.1, 0.15) is 0 Å². The molecule has 0 radical (unpaired) electrons. The maximum Gasteiger partial charge on any atom is 0.142 e. The van der Waals surface area contributed by atoms with Gasteiger partial charge in [-0.3, -0.25) is 0 Å². The van der Waals surface area contributed by atoms with Crippen LogP contribution < -0.4 is 15.4 Å². The van der Waals surface area contributed by atoms with Crippen molar-refractivity contribution in [2.75, 3.05) is 45.4 Å². The van der Waals surface area contributed by atoms with E-state index in [1.807, 2.05) is 18.2 Å². The van der Waals surface area contributed by atoms with Crippen LogP contribution in [-0.2, 0) is 4.74 Å². The largest absolute Gasteiger partial charge is 0.495 e. The van der Waals surface area contributed by atoms with Crippen LogP contribution >= 0.6 is 0 Å². The summed E-state index contributed by atoms with van der Waals surface area (Å²) in [4.78, 5) is 2.19. The Morgan fingerprint density at radius 3 is 2.65 bits per heavy atom. The second kappa shape index (κ2) is 4.94. The first-order chi connectivity index (χ1) is 8.21. The van der Waals surface area contributed by atoms with Crippen LogP contribution in [0, 0.1) is 5.41 Å². The number of hydrogen-bond donors (Lipinski definition) is 1. The monoisotopic (exact) mass is 236 g/mol. The minimum Gasteiger partial charge on any atom is -0.495 e. The number of nitrogens with two attached hydrogens (primary N) is 1. The van der Waals surface area contributed by atoms with Crippen LogP contribution in [0.5, 0.6) is 5.75 Å². The Morgan fingerprint density at radius 2 is 2.12 bits per heavy atom. The second-order valence-electron chi connectivity index (χ2n) is 4.72. The van der Waals surface area contributed by atoms with Gasteiger partial charge in [0.2, 0.25) is 0 Å². The Kier molecular flexibility index (Phi) is 3.54. The van der Waals surface area contributed by atoms with Crippen molar-refractivity contribution in [2.45, 2.75) is 0 Å². The molecule has 0 unspecified atom stereocenters. The molecule has 0 saturated carbocycles. The van der Waals surface area contributed by atoms with E-state index in [0.29, 0.717) is 6.54 Å². The molecule has 1 aromatic carbocycles. The average molecular weight is 236 g/mol. The van der Waals surface area contributed by atoms with Crippen molar-refractivity contribution in [3.63, 3.8) is 0 Å². The molecule has 1 aromatic rings. The number of methoxy groups -OCH3 is 1. The molecule has 1 aliphatic heterocycles. The molecule has 0 amide bonds. The lowest BCUT2D eigenvalue weighted by atomic mass is 9.85. The van der Waals surface area contributed by atoms with Crippen LogP contribution in [0.25, 0.3) is 0 Å². The Labute approximate surface area is 102 Å². The summed E-state index contributed by atoms with van der Waals surface area (Å²) in [7, 11) is 3.76. The van der Waals surface area contributed by atoms with Gasteiger partial charge >= 0.3 is 0 Å². The van der Waals surface area contributed by atoms with Gasteiger partial charge in [-0.05, 0) is 12.1 Å². The van der Waals surface area contributed by atoms with E-state index in [9.17, 15) is 0 Å². The van der Waals surface area contributed by atoms with Crippen molar-refractivity contribution in [2.24, 2.45) is 11.1 Å². The molecule has 4 heteroatoms. The zero-order valence-corrected chi connectivity index (χ0v) is 10.5. The fourth-order valence-corrected chi connectivity index (χ4v) is 2.20. The van der Waals surface area contributed by atoms with Gasteiger partial charge in [0.1, 0.15) is 5.75 Å². The number of benzene rings is 1. The van der Waals surface area contributed by atoms with Crippen LogP contribution in [0.15, 0.2) is 24.3 Å². The van der Waals surface area contributed by atoms with Crippen LogP contribution in [-0.4, -0.2) is 40.5 Å². The maximum atomic E-state index is 5.83. The molecule has 4 nitrogen and oxygen atoms in total. The molecule has 0 atom stereocenters. The van der Waals surface area contributed by atoms with Crippen LogP contribution in [0.3, 0.4) is 0 Å². The molecule has 17 heavy (non-hydrogen) atoms. The minimum atomic E-state index is 0.107. The van der Waals surface area contributed by atoms with Gasteiger partial charge in [-0.15, -0.1) is 0 Å². The molecule has 0 bridgehead atoms. The van der Waals surface area contributed by atoms with Crippen molar-refractivity contribution < 1.29 is 9.47 Å². The highest BCUT2D eigenvalue weighted by Crippen LogP contribution is 2.32. The number of ether oxygens (including phenoxy) is 2. The molecule has 2 rings (SSSR count). The van der Waals surface area contributed by atoms with E-state index in [-0.39, 0.29) is 5.41 Å². The summed E-state index contributed by atoms with van der Waals surface area (Å²) in [5, 5.41) is 0. The van der Waals surface area contributed by atoms with E-state index in [2.05, 4.69) is 18.0 Å². The van der Waals surface area contributed by atoms with Crippen LogP contribution in [0.2, 0.25) is 0 Å². The van der Waals surface area contributed by atoms with E-state index in [1.165, 1.54) is 0 Å². The molecule has 2 N–H and O–H groups in total. The Balaban J connectivity index is 2.11. The van der Waals surface area contributed by atoms with E-state index < -0.39 is 0 Å². The first-order valence-corrected chi connectivity index (χ1v) is 5.83. The van der Waals surface area contributed by atoms with Gasteiger partial charge < -0.3 is 20.1 Å². The highest BCUT2D eigenvalue weighted by atomic mass is 16.5. The molecule has 0 aliphatic carbocycles. The predicted octanol–water partition coefficient (Wildman–Crippen LogP) is 1.11. The van der Waals surface area contributed by atoms with Crippen molar-refractivity contribution in [1.29, 1.82) is 0 Å². The minimum absolute atomic E-state index is 0.107. The van der Waals surface area contributed by atoms with Gasteiger partial charge in [-0.1, -0.05) is 12.1 Å². The molecule has 1 heterocycles. The lowest BCUT2D eigenvalue weighted by molar-refractivity contribution is -0.101. The van der Waals surface area contributed by atoms with Gasteiger partial charge in [-0.25, -0.2) is 0 Å². The molecule has 0 aromatic heterocycles. The normalized spacial score (nSPS) is 17.4. The third-order valence-electron chi connectivity index (χ3n) is 3.32. The zero-order valence-electron chi connectivity index (χ0n) is 10.5. The summed E-state index contributed by atoms with van der Waals surface area (Å²) < 4.78 is 10.6. The predicted molar refractivity (Wildman–Crippen MR) is 68.6 cm³/mol. The second-order valence-corrected chi connectivity index (χ2v) is 4.72. The highest BCUT2D eigenvalue weighted by molar-refractivity contribution is 5.58. The van der Waals surface area contributed by atoms with Gasteiger partial charge in [0.05, 0.1) is 26.0 Å². The average Bonchev–Trinajstić information content (AvgIpc) is 2.33. The number of nitrogens with zero attached hydrogens (tertiary/aromatic N) is 1. The number of para-hydroxylation sites is 2. The zero-order chi connectivity index (χ0) is 12.3. The molecule has 1 fully saturated rings. The fourth-order valence-electron chi connectivity index (χ4n) is 2.20. The summed E-state index contributed by atoms with van der Waals surface area (Å²) in [5.41, 5.74) is 7.03. The summed E-state index contributed by atoms with van der Waals surface area (Å²) >= 11 is 0. The van der Waals surface area contributed by atoms with Gasteiger partial charge in [0.25, 0.3) is 0 Å². The molecule has 94 valence electrons. The third-order valence-corrected chi connectivity index (χ3v) is 3.32. The number of hydrogen-bond acceptors (Lipinski definition) is 4. The van der Waals surface area contributed by atoms with Crippen molar-refractivity contribution in [1.82, 2.24) is 0 Å². The summed E-state index contributed by atoms with van der Waals surface area (Å²) in [6, 6.07) is 8.02. The third kappa shape index (κ3) is 2.37. The van der Waals surface area contributed by atoms with Gasteiger partial charge in [-0.2, -0.15) is 0 Å². The summed E-state index contributed by atoms with van der Waals surface area (Å²) in [6.45, 7) is 3.06. The first kappa shape index (κ1) is 12.2. The highest BCUT2D eigenvalue weighted by Gasteiger charge is 2.38. The fraction of sp³-hybridized carbons (Fsp3) is 0.538. The standard InChI is InChI=1S/C13H20N2O2/c1-15(8-13(7-14)9-17-10-13)11-5-3-4-6-12(11)16-2/h3-6H,7-10,14H2,1-2H3. The number of rotatable bonds is 5. The van der Waals surface area contributed by atoms with Crippen molar-refractivity contribution in [3.8, 4) is 5.75 Å². The van der Waals surface area contributed by atoms with Gasteiger partial charge in [0, 0.05) is 25.6 Å². The molecular formula is C13H20N2O2. The maximum absolute atomic E-state index is 5.83. The summed E-state index contributed by atoms with van der Waals surface area (Å²) in [5.74, 6) is 0.891. The SMILES string of the molecule is COc1ccccc1N(C)CC1(CN)COC1. The molecule has 1 saturated heterocycles. The van der Waals surface area contributed by atoms with E-state index in [4.69, 9.17) is 15.2 Å². The quantitative estimate of drug-likeness (QED) is 0.832. The smallest absolute Gasteiger partial charge is 0.142 e. The molecule has 0 spiro atoms. The lowest BCUT2D eigenvalue weighted by Gasteiger charge is -2.43. The Hall–Kier alpha value is -1.26. The van der Waals surface area contributed by atoms with Crippen molar-refractivity contribution >= 4 is 5.69 Å². The van der Waals surface area contributed by atoms with Crippen LogP contribution in [0.4, 0.5) is 5.69 Å². The Morgan fingerprint density at radius 1 is 1.41 bits per heavy atom. The lowest BCUT2D eigenvalue weighted by Crippen LogP contribution is -2.54. The topological polar surface area (TPSA) is 47.7 Å². The van der Waals surface area contributed by atoms with E-state index in [0.717, 1.165) is 31.2 Å². The first-order valence-electron chi connectivity index (χ1n) is 5.83.